The number of hydrogen-bond acceptors (Lipinski definition) is 6. The van der Waals surface area contributed by atoms with Gasteiger partial charge in [-0.25, -0.2) is 4.79 Å². The maximum atomic E-state index is 11.2. The summed E-state index contributed by atoms with van der Waals surface area (Å²) in [6.07, 6.45) is -0.877. The highest BCUT2D eigenvalue weighted by atomic mass is 35.5. The van der Waals surface area contributed by atoms with E-state index in [9.17, 15) is 4.79 Å². The van der Waals surface area contributed by atoms with Gasteiger partial charge in [0.1, 0.15) is 0 Å². The summed E-state index contributed by atoms with van der Waals surface area (Å²) in [5.41, 5.74) is 6.44. The molecule has 0 atom stereocenters. The predicted octanol–water partition coefficient (Wildman–Crippen LogP) is 2.04. The number of carbonyl (C=O) groups excluding carboxylic acids is 1. The Morgan fingerprint density at radius 2 is 2.11 bits per heavy atom. The van der Waals surface area contributed by atoms with Gasteiger partial charge in [0.15, 0.2) is 5.82 Å². The van der Waals surface area contributed by atoms with Crippen molar-refractivity contribution in [3.63, 3.8) is 0 Å². The summed E-state index contributed by atoms with van der Waals surface area (Å²) in [7, 11) is 0. The van der Waals surface area contributed by atoms with E-state index < -0.39 is 6.16 Å². The monoisotopic (exact) mass is 282 g/mol. The average molecular weight is 283 g/mol. The molecular weight excluding hydrogens is 272 g/mol. The zero-order valence-electron chi connectivity index (χ0n) is 10.0. The number of carbonyl (C=O) groups is 1. The van der Waals surface area contributed by atoms with Crippen molar-refractivity contribution in [3.05, 3.63) is 29.3 Å². The van der Waals surface area contributed by atoms with Gasteiger partial charge in [0.05, 0.1) is 12.3 Å². The summed E-state index contributed by atoms with van der Waals surface area (Å²) >= 11 is 5.79. The quantitative estimate of drug-likeness (QED) is 0.866. The van der Waals surface area contributed by atoms with Crippen LogP contribution in [0.4, 0.5) is 10.6 Å². The molecule has 7 nitrogen and oxygen atoms in total. The minimum absolute atomic E-state index is 0.0929. The van der Waals surface area contributed by atoms with Gasteiger partial charge in [0.2, 0.25) is 0 Å². The molecule has 1 heterocycles. The van der Waals surface area contributed by atoms with Gasteiger partial charge in [-0.15, -0.1) is 0 Å². The molecule has 0 aliphatic heterocycles. The third-order valence-electron chi connectivity index (χ3n) is 2.19. The van der Waals surface area contributed by atoms with Crippen LogP contribution in [0.5, 0.6) is 5.88 Å². The van der Waals surface area contributed by atoms with Gasteiger partial charge < -0.3 is 15.2 Å². The lowest BCUT2D eigenvalue weighted by Gasteiger charge is -2.03. The van der Waals surface area contributed by atoms with Crippen LogP contribution in [0.1, 0.15) is 6.92 Å². The topological polar surface area (TPSA) is 92.3 Å². The lowest BCUT2D eigenvalue weighted by atomic mass is 10.3. The largest absolute Gasteiger partial charge is 0.515 e. The third-order valence-corrected chi connectivity index (χ3v) is 2.44. The summed E-state index contributed by atoms with van der Waals surface area (Å²) in [6.45, 7) is 1.86. The number of nitrogens with two attached hydrogens (primary N) is 1. The van der Waals surface area contributed by atoms with Crippen LogP contribution >= 0.6 is 11.6 Å². The standard InChI is InChI=1S/C11H11ClN4O3/c1-2-18-11(17)19-10-9(13)16(15-14-10)8-5-3-7(12)4-6-8/h3-6H,2,13H2,1H3. The van der Waals surface area contributed by atoms with Crippen molar-refractivity contribution in [2.45, 2.75) is 6.92 Å². The molecule has 8 heteroatoms. The number of anilines is 1. The molecule has 1 aromatic heterocycles. The van der Waals surface area contributed by atoms with Gasteiger partial charge >= 0.3 is 6.16 Å². The molecular formula is C11H11ClN4O3. The number of aromatic nitrogens is 3. The molecule has 0 saturated heterocycles. The van der Waals surface area contributed by atoms with Crippen LogP contribution < -0.4 is 10.5 Å². The Kier molecular flexibility index (Phi) is 3.86. The van der Waals surface area contributed by atoms with E-state index in [0.717, 1.165) is 0 Å². The number of hydrogen-bond donors (Lipinski definition) is 1. The van der Waals surface area contributed by atoms with Crippen molar-refractivity contribution in [3.8, 4) is 11.6 Å². The van der Waals surface area contributed by atoms with Gasteiger partial charge in [-0.05, 0) is 31.2 Å². The molecule has 0 radical (unpaired) electrons. The van der Waals surface area contributed by atoms with Crippen molar-refractivity contribution < 1.29 is 14.3 Å². The van der Waals surface area contributed by atoms with Crippen molar-refractivity contribution in [2.24, 2.45) is 0 Å². The van der Waals surface area contributed by atoms with E-state index in [2.05, 4.69) is 15.0 Å². The second kappa shape index (κ2) is 5.57. The minimum atomic E-state index is -0.877. The molecule has 1 aromatic carbocycles. The first-order valence-corrected chi connectivity index (χ1v) is 5.81. The van der Waals surface area contributed by atoms with Gasteiger partial charge in [0, 0.05) is 5.02 Å². The first-order chi connectivity index (χ1) is 9.11. The molecule has 0 aliphatic carbocycles. The average Bonchev–Trinajstić information content (AvgIpc) is 2.73. The molecule has 0 spiro atoms. The Bertz CT molecular complexity index is 582. The maximum absolute atomic E-state index is 11.2. The second-order valence-electron chi connectivity index (χ2n) is 3.45. The van der Waals surface area contributed by atoms with E-state index >= 15 is 0 Å². The molecule has 2 rings (SSSR count). The Morgan fingerprint density at radius 1 is 1.42 bits per heavy atom. The highest BCUT2D eigenvalue weighted by Gasteiger charge is 2.16. The number of benzene rings is 1. The Balaban J connectivity index is 2.23. The fourth-order valence-corrected chi connectivity index (χ4v) is 1.47. The van der Waals surface area contributed by atoms with Gasteiger partial charge in [-0.2, -0.15) is 4.68 Å². The summed E-state index contributed by atoms with van der Waals surface area (Å²) in [6, 6.07) is 6.79. The number of ether oxygens (including phenoxy) is 2. The van der Waals surface area contributed by atoms with Crippen LogP contribution in [0.25, 0.3) is 5.69 Å². The van der Waals surface area contributed by atoms with E-state index in [1.165, 1.54) is 4.68 Å². The molecule has 0 aliphatic rings. The molecule has 2 aromatic rings. The number of halogens is 1. The Hall–Kier alpha value is -2.28. The predicted molar refractivity (Wildman–Crippen MR) is 68.4 cm³/mol. The van der Waals surface area contributed by atoms with Crippen molar-refractivity contribution >= 4 is 23.6 Å². The van der Waals surface area contributed by atoms with E-state index in [1.807, 2.05) is 0 Å². The van der Waals surface area contributed by atoms with Crippen molar-refractivity contribution in [1.29, 1.82) is 0 Å². The van der Waals surface area contributed by atoms with Gasteiger partial charge in [-0.1, -0.05) is 21.9 Å². The number of rotatable bonds is 3. The number of nitrogens with zero attached hydrogens (tertiary/aromatic N) is 3. The highest BCUT2D eigenvalue weighted by molar-refractivity contribution is 6.30. The first kappa shape index (κ1) is 13.2. The SMILES string of the molecule is CCOC(=O)Oc1nnn(-c2ccc(Cl)cc2)c1N. The maximum Gasteiger partial charge on any atom is 0.515 e. The van der Waals surface area contributed by atoms with E-state index in [0.29, 0.717) is 10.7 Å². The van der Waals surface area contributed by atoms with Crippen LogP contribution in [-0.4, -0.2) is 27.8 Å². The lowest BCUT2D eigenvalue weighted by molar-refractivity contribution is 0.103. The summed E-state index contributed by atoms with van der Waals surface area (Å²) in [5.74, 6) is -0.0104. The van der Waals surface area contributed by atoms with Gasteiger partial charge in [0.25, 0.3) is 5.88 Å². The van der Waals surface area contributed by atoms with E-state index in [1.54, 1.807) is 31.2 Å². The fourth-order valence-electron chi connectivity index (χ4n) is 1.35. The molecule has 0 bridgehead atoms. The van der Waals surface area contributed by atoms with E-state index in [-0.39, 0.29) is 18.3 Å². The normalized spacial score (nSPS) is 10.2. The van der Waals surface area contributed by atoms with Crippen molar-refractivity contribution in [1.82, 2.24) is 15.0 Å². The lowest BCUT2D eigenvalue weighted by Crippen LogP contribution is -2.11. The zero-order chi connectivity index (χ0) is 13.8. The molecule has 0 fully saturated rings. The van der Waals surface area contributed by atoms with Crippen LogP contribution in [0.15, 0.2) is 24.3 Å². The van der Waals surface area contributed by atoms with Crippen molar-refractivity contribution in [2.75, 3.05) is 12.3 Å². The van der Waals surface area contributed by atoms with Crippen LogP contribution in [-0.2, 0) is 4.74 Å². The summed E-state index contributed by atoms with van der Waals surface area (Å²) in [4.78, 5) is 11.2. The molecule has 19 heavy (non-hydrogen) atoms. The summed E-state index contributed by atoms with van der Waals surface area (Å²) < 4.78 is 10.7. The highest BCUT2D eigenvalue weighted by Crippen LogP contribution is 2.22. The molecule has 100 valence electrons. The first-order valence-electron chi connectivity index (χ1n) is 5.43. The Morgan fingerprint density at radius 3 is 2.74 bits per heavy atom. The smallest absolute Gasteiger partial charge is 0.434 e. The molecule has 0 unspecified atom stereocenters. The Labute approximate surface area is 113 Å². The molecule has 0 saturated carbocycles. The number of nitrogen functional groups attached to an aromatic ring is 1. The molecule has 2 N–H and O–H groups in total. The minimum Gasteiger partial charge on any atom is -0.434 e. The van der Waals surface area contributed by atoms with Crippen LogP contribution in [0.2, 0.25) is 5.02 Å². The van der Waals surface area contributed by atoms with Gasteiger partial charge in [-0.3, -0.25) is 0 Å². The zero-order valence-corrected chi connectivity index (χ0v) is 10.8. The van der Waals surface area contributed by atoms with Crippen LogP contribution in [0.3, 0.4) is 0 Å². The van der Waals surface area contributed by atoms with E-state index in [4.69, 9.17) is 22.1 Å². The molecule has 0 amide bonds. The fraction of sp³-hybridized carbons (Fsp3) is 0.182. The second-order valence-corrected chi connectivity index (χ2v) is 3.89. The third kappa shape index (κ3) is 2.94. The van der Waals surface area contributed by atoms with Crippen LogP contribution in [0, 0.1) is 0 Å². The summed E-state index contributed by atoms with van der Waals surface area (Å²) in [5, 5.41) is 8.05.